The first kappa shape index (κ1) is 18.7. The third kappa shape index (κ3) is 8.47. The zero-order valence-corrected chi connectivity index (χ0v) is 12.3. The van der Waals surface area contributed by atoms with E-state index in [0.717, 1.165) is 0 Å². The highest BCUT2D eigenvalue weighted by atomic mass is 16.6. The minimum atomic E-state index is -1.39. The predicted octanol–water partition coefficient (Wildman–Crippen LogP) is 1.36. The van der Waals surface area contributed by atoms with Crippen LogP contribution in [0.2, 0.25) is 0 Å². The number of carboxylic acid groups (broad SMARTS) is 2. The second kappa shape index (κ2) is 8.09. The van der Waals surface area contributed by atoms with Gasteiger partial charge in [-0.25, -0.2) is 9.59 Å². The van der Waals surface area contributed by atoms with Gasteiger partial charge in [-0.1, -0.05) is 0 Å². The van der Waals surface area contributed by atoms with Crippen molar-refractivity contribution in [2.75, 3.05) is 0 Å². The van der Waals surface area contributed by atoms with Crippen LogP contribution in [0.3, 0.4) is 0 Å². The first-order chi connectivity index (χ1) is 9.56. The highest BCUT2D eigenvalue weighted by Gasteiger charge is 2.29. The van der Waals surface area contributed by atoms with Crippen LogP contribution >= 0.6 is 0 Å². The Bertz CT molecular complexity index is 435. The number of amides is 1. The van der Waals surface area contributed by atoms with E-state index >= 15 is 0 Å². The highest BCUT2D eigenvalue weighted by Crippen LogP contribution is 2.15. The first-order valence-electron chi connectivity index (χ1n) is 6.39. The van der Waals surface area contributed by atoms with E-state index in [2.05, 4.69) is 5.32 Å². The number of carbonyl (C=O) groups excluding carboxylic acids is 1. The molecule has 8 nitrogen and oxygen atoms in total. The van der Waals surface area contributed by atoms with Gasteiger partial charge in [0.15, 0.2) is 0 Å². The smallest absolute Gasteiger partial charge is 0.408 e. The van der Waals surface area contributed by atoms with Gasteiger partial charge in [0, 0.05) is 6.42 Å². The van der Waals surface area contributed by atoms with E-state index in [1.807, 2.05) is 0 Å². The van der Waals surface area contributed by atoms with Crippen molar-refractivity contribution >= 4 is 18.0 Å². The molecule has 8 heteroatoms. The summed E-state index contributed by atoms with van der Waals surface area (Å²) in [6.07, 6.45) is -1.23. The summed E-state index contributed by atoms with van der Waals surface area (Å²) in [5.41, 5.74) is -0.792. The normalized spacial score (nSPS) is 13.6. The number of hydrogen-bond acceptors (Lipinski definition) is 5. The molecule has 0 rings (SSSR count). The maximum Gasteiger partial charge on any atom is 0.408 e. The van der Waals surface area contributed by atoms with Crippen LogP contribution in [0.25, 0.3) is 0 Å². The Labute approximate surface area is 122 Å². The molecule has 0 saturated carbocycles. The van der Waals surface area contributed by atoms with E-state index in [1.54, 1.807) is 26.8 Å². The molecule has 0 aromatic rings. The summed E-state index contributed by atoms with van der Waals surface area (Å²) in [5.74, 6) is -3.59. The molecule has 0 aliphatic rings. The van der Waals surface area contributed by atoms with Crippen LogP contribution in [-0.2, 0) is 14.3 Å². The van der Waals surface area contributed by atoms with Gasteiger partial charge < -0.3 is 20.3 Å². The molecule has 3 N–H and O–H groups in total. The minimum Gasteiger partial charge on any atom is -0.481 e. The van der Waals surface area contributed by atoms with Crippen LogP contribution in [0.5, 0.6) is 0 Å². The van der Waals surface area contributed by atoms with Crippen LogP contribution in [0.4, 0.5) is 4.79 Å². The van der Waals surface area contributed by atoms with Crippen LogP contribution in [0, 0.1) is 17.2 Å². The molecular weight excluding hydrogens is 280 g/mol. The van der Waals surface area contributed by atoms with Crippen molar-refractivity contribution in [2.45, 2.75) is 51.7 Å². The van der Waals surface area contributed by atoms with Gasteiger partial charge >= 0.3 is 18.0 Å². The van der Waals surface area contributed by atoms with E-state index in [4.69, 9.17) is 20.2 Å². The van der Waals surface area contributed by atoms with Gasteiger partial charge in [-0.2, -0.15) is 5.26 Å². The summed E-state index contributed by atoms with van der Waals surface area (Å²) in [5, 5.41) is 28.6. The number of nitriles is 1. The lowest BCUT2D eigenvalue weighted by molar-refractivity contribution is -0.144. The standard InChI is InChI=1S/C13H20N2O6/c1-13(2,3)21-12(20)15-9(11(18)19)7-8(10(16)17)5-4-6-14/h8-9H,4-5,7H2,1-3H3,(H,15,20)(H,16,17)(H,18,19). The summed E-state index contributed by atoms with van der Waals surface area (Å²) in [7, 11) is 0. The average Bonchev–Trinajstić information content (AvgIpc) is 2.29. The van der Waals surface area contributed by atoms with E-state index in [1.165, 1.54) is 0 Å². The van der Waals surface area contributed by atoms with Crippen molar-refractivity contribution in [3.8, 4) is 6.07 Å². The van der Waals surface area contributed by atoms with Crippen LogP contribution in [0.1, 0.15) is 40.0 Å². The molecule has 0 radical (unpaired) electrons. The number of rotatable bonds is 7. The number of carbonyl (C=O) groups is 3. The van der Waals surface area contributed by atoms with Crippen LogP contribution in [0.15, 0.2) is 0 Å². The van der Waals surface area contributed by atoms with Gasteiger partial charge in [0.25, 0.3) is 0 Å². The summed E-state index contributed by atoms with van der Waals surface area (Å²) in [4.78, 5) is 33.7. The van der Waals surface area contributed by atoms with Crippen molar-refractivity contribution in [1.82, 2.24) is 5.32 Å². The molecular formula is C13H20N2O6. The molecule has 0 aliphatic heterocycles. The number of nitrogens with zero attached hydrogens (tertiary/aromatic N) is 1. The lowest BCUT2D eigenvalue weighted by Gasteiger charge is -2.23. The van der Waals surface area contributed by atoms with Gasteiger partial charge in [-0.3, -0.25) is 4.79 Å². The first-order valence-corrected chi connectivity index (χ1v) is 6.39. The second-order valence-corrected chi connectivity index (χ2v) is 5.50. The summed E-state index contributed by atoms with van der Waals surface area (Å²) in [6, 6.07) is 0.415. The lowest BCUT2D eigenvalue weighted by Crippen LogP contribution is -2.45. The minimum absolute atomic E-state index is 0.00422. The van der Waals surface area contributed by atoms with E-state index in [0.29, 0.717) is 0 Å². The van der Waals surface area contributed by atoms with Gasteiger partial charge in [0.1, 0.15) is 11.6 Å². The number of nitrogens with one attached hydrogen (secondary N) is 1. The molecule has 0 heterocycles. The summed E-state index contributed by atoms with van der Waals surface area (Å²) >= 11 is 0. The Hall–Kier alpha value is -2.30. The molecule has 2 unspecified atom stereocenters. The zero-order chi connectivity index (χ0) is 16.6. The summed E-state index contributed by atoms with van der Waals surface area (Å²) in [6.45, 7) is 4.86. The Morgan fingerprint density at radius 2 is 1.81 bits per heavy atom. The number of hydrogen-bond donors (Lipinski definition) is 3. The predicted molar refractivity (Wildman–Crippen MR) is 71.4 cm³/mol. The molecule has 0 aliphatic carbocycles. The third-order valence-corrected chi connectivity index (χ3v) is 2.46. The topological polar surface area (TPSA) is 137 Å². The molecule has 0 saturated heterocycles. The molecule has 0 bridgehead atoms. The Kier molecular flexibility index (Phi) is 7.21. The Balaban J connectivity index is 4.75. The number of alkyl carbamates (subject to hydrolysis) is 1. The molecule has 0 aromatic carbocycles. The average molecular weight is 300 g/mol. The molecule has 0 spiro atoms. The fraction of sp³-hybridized carbons (Fsp3) is 0.692. The highest BCUT2D eigenvalue weighted by molar-refractivity contribution is 5.81. The molecule has 1 amide bonds. The van der Waals surface area contributed by atoms with Crippen LogP contribution in [-0.4, -0.2) is 39.9 Å². The molecule has 0 fully saturated rings. The van der Waals surface area contributed by atoms with Crippen molar-refractivity contribution in [2.24, 2.45) is 5.92 Å². The quantitative estimate of drug-likeness (QED) is 0.645. The zero-order valence-electron chi connectivity index (χ0n) is 12.3. The van der Waals surface area contributed by atoms with Crippen molar-refractivity contribution in [3.05, 3.63) is 0 Å². The molecule has 0 aromatic heterocycles. The monoisotopic (exact) mass is 300 g/mol. The van der Waals surface area contributed by atoms with Gasteiger partial charge in [0.05, 0.1) is 12.0 Å². The number of carboxylic acids is 2. The third-order valence-electron chi connectivity index (χ3n) is 2.46. The summed E-state index contributed by atoms with van der Waals surface area (Å²) < 4.78 is 4.93. The maximum atomic E-state index is 11.5. The van der Waals surface area contributed by atoms with Gasteiger partial charge in [0.2, 0.25) is 0 Å². The van der Waals surface area contributed by atoms with Crippen molar-refractivity contribution in [3.63, 3.8) is 0 Å². The SMILES string of the molecule is CC(C)(C)OC(=O)NC(CC(CCC#N)C(=O)O)C(=O)O. The second-order valence-electron chi connectivity index (χ2n) is 5.50. The van der Waals surface area contributed by atoms with Crippen molar-refractivity contribution < 1.29 is 29.3 Å². The van der Waals surface area contributed by atoms with E-state index in [9.17, 15) is 14.4 Å². The Morgan fingerprint density at radius 1 is 1.24 bits per heavy atom. The van der Waals surface area contributed by atoms with Gasteiger partial charge in [-0.15, -0.1) is 0 Å². The van der Waals surface area contributed by atoms with E-state index in [-0.39, 0.29) is 19.3 Å². The number of aliphatic carboxylic acids is 2. The lowest BCUT2D eigenvalue weighted by atomic mass is 9.95. The molecule has 2 atom stereocenters. The van der Waals surface area contributed by atoms with E-state index < -0.39 is 35.6 Å². The van der Waals surface area contributed by atoms with Crippen molar-refractivity contribution in [1.29, 1.82) is 5.26 Å². The fourth-order valence-electron chi connectivity index (χ4n) is 1.54. The maximum absolute atomic E-state index is 11.5. The molecule has 118 valence electrons. The van der Waals surface area contributed by atoms with Crippen LogP contribution < -0.4 is 5.32 Å². The Morgan fingerprint density at radius 3 is 2.19 bits per heavy atom. The fourth-order valence-corrected chi connectivity index (χ4v) is 1.54. The largest absolute Gasteiger partial charge is 0.481 e. The van der Waals surface area contributed by atoms with Gasteiger partial charge in [-0.05, 0) is 33.6 Å². The molecule has 21 heavy (non-hydrogen) atoms. The number of ether oxygens (including phenoxy) is 1.